The van der Waals surface area contributed by atoms with Crippen molar-refractivity contribution in [2.75, 3.05) is 18.4 Å². The maximum absolute atomic E-state index is 12.5. The van der Waals surface area contributed by atoms with Crippen LogP contribution < -0.4 is 15.8 Å². The first kappa shape index (κ1) is 21.6. The molecule has 1 aliphatic rings. The molecule has 2 unspecified atom stereocenters. The molecule has 1 aromatic carbocycles. The number of benzene rings is 1. The molecular formula is C17H26ClF2N3O2. The van der Waals surface area contributed by atoms with Gasteiger partial charge in [0.25, 0.3) is 0 Å². The summed E-state index contributed by atoms with van der Waals surface area (Å²) in [6.45, 7) is 4.47. The highest BCUT2D eigenvalue weighted by atomic mass is 35.5. The first-order chi connectivity index (χ1) is 11.2. The Hall–Kier alpha value is -1.44. The van der Waals surface area contributed by atoms with Crippen LogP contribution in [0.5, 0.6) is 5.75 Å². The normalized spacial score (nSPS) is 21.3. The SMILES string of the molecule is CC(C(=O)Nc1ccccc1OC(F)F)N1CCC(N)C(C)(C)C1.Cl. The van der Waals surface area contributed by atoms with E-state index in [1.165, 1.54) is 6.07 Å². The van der Waals surface area contributed by atoms with E-state index in [0.717, 1.165) is 13.0 Å². The van der Waals surface area contributed by atoms with E-state index in [1.807, 2.05) is 0 Å². The number of nitrogens with one attached hydrogen (secondary N) is 1. The minimum atomic E-state index is -2.94. The second-order valence-electron chi connectivity index (χ2n) is 6.89. The van der Waals surface area contributed by atoms with E-state index in [4.69, 9.17) is 5.73 Å². The Morgan fingerprint density at radius 1 is 1.40 bits per heavy atom. The first-order valence-corrected chi connectivity index (χ1v) is 8.05. The zero-order valence-electron chi connectivity index (χ0n) is 14.7. The number of halogens is 3. The lowest BCUT2D eigenvalue weighted by molar-refractivity contribution is -0.122. The molecule has 2 rings (SSSR count). The van der Waals surface area contributed by atoms with Crippen LogP contribution >= 0.6 is 12.4 Å². The van der Waals surface area contributed by atoms with Gasteiger partial charge in [-0.1, -0.05) is 26.0 Å². The molecule has 1 amide bonds. The summed E-state index contributed by atoms with van der Waals surface area (Å²) in [5.41, 5.74) is 6.28. The highest BCUT2D eigenvalue weighted by Gasteiger charge is 2.36. The summed E-state index contributed by atoms with van der Waals surface area (Å²) in [6.07, 6.45) is 0.815. The van der Waals surface area contributed by atoms with Gasteiger partial charge in [0.15, 0.2) is 0 Å². The summed E-state index contributed by atoms with van der Waals surface area (Å²) in [5.74, 6) is -0.305. The molecule has 1 heterocycles. The summed E-state index contributed by atoms with van der Waals surface area (Å²) < 4.78 is 29.3. The van der Waals surface area contributed by atoms with Crippen LogP contribution in [0.3, 0.4) is 0 Å². The van der Waals surface area contributed by atoms with Crippen molar-refractivity contribution in [2.24, 2.45) is 11.1 Å². The average molecular weight is 378 g/mol. The van der Waals surface area contributed by atoms with Gasteiger partial charge in [0.05, 0.1) is 11.7 Å². The van der Waals surface area contributed by atoms with Gasteiger partial charge >= 0.3 is 6.61 Å². The van der Waals surface area contributed by atoms with Crippen molar-refractivity contribution in [3.63, 3.8) is 0 Å². The number of para-hydroxylation sites is 2. The fourth-order valence-electron chi connectivity index (χ4n) is 2.92. The number of ether oxygens (including phenoxy) is 1. The molecule has 8 heteroatoms. The third-order valence-corrected chi connectivity index (χ3v) is 4.63. The van der Waals surface area contributed by atoms with Gasteiger partial charge < -0.3 is 15.8 Å². The number of hydrogen-bond donors (Lipinski definition) is 2. The van der Waals surface area contributed by atoms with Gasteiger partial charge in [-0.05, 0) is 30.9 Å². The molecule has 5 nitrogen and oxygen atoms in total. The lowest BCUT2D eigenvalue weighted by atomic mass is 9.79. The summed E-state index contributed by atoms with van der Waals surface area (Å²) >= 11 is 0. The zero-order chi connectivity index (χ0) is 17.9. The van der Waals surface area contributed by atoms with E-state index in [1.54, 1.807) is 25.1 Å². The second kappa shape index (κ2) is 8.78. The van der Waals surface area contributed by atoms with Crippen LogP contribution in [0.15, 0.2) is 24.3 Å². The molecule has 142 valence electrons. The number of carbonyl (C=O) groups excluding carboxylic acids is 1. The molecule has 1 fully saturated rings. The Balaban J connectivity index is 0.00000312. The van der Waals surface area contributed by atoms with Crippen molar-refractivity contribution < 1.29 is 18.3 Å². The molecule has 1 aliphatic heterocycles. The van der Waals surface area contributed by atoms with Crippen molar-refractivity contribution in [3.8, 4) is 5.75 Å². The lowest BCUT2D eigenvalue weighted by Gasteiger charge is -2.44. The number of likely N-dealkylation sites (tertiary alicyclic amines) is 1. The van der Waals surface area contributed by atoms with Gasteiger partial charge in [0.1, 0.15) is 5.75 Å². The summed E-state index contributed by atoms with van der Waals surface area (Å²) in [7, 11) is 0. The number of anilines is 1. The van der Waals surface area contributed by atoms with Crippen LogP contribution in [-0.4, -0.2) is 42.6 Å². The van der Waals surface area contributed by atoms with E-state index < -0.39 is 12.7 Å². The number of hydrogen-bond acceptors (Lipinski definition) is 4. The quantitative estimate of drug-likeness (QED) is 0.827. The standard InChI is InChI=1S/C17H25F2N3O2.ClH/c1-11(22-9-8-14(20)17(2,3)10-22)15(23)21-12-6-4-5-7-13(12)24-16(18)19;/h4-7,11,14,16H,8-10,20H2,1-3H3,(H,21,23);1H. The largest absolute Gasteiger partial charge is 0.433 e. The maximum Gasteiger partial charge on any atom is 0.387 e. The predicted molar refractivity (Wildman–Crippen MR) is 96.4 cm³/mol. The predicted octanol–water partition coefficient (Wildman–Crippen LogP) is 3.10. The smallest absolute Gasteiger partial charge is 0.387 e. The fourth-order valence-corrected chi connectivity index (χ4v) is 2.92. The Labute approximate surface area is 153 Å². The van der Waals surface area contributed by atoms with Crippen LogP contribution in [0.4, 0.5) is 14.5 Å². The molecule has 1 saturated heterocycles. The van der Waals surface area contributed by atoms with Gasteiger partial charge in [-0.25, -0.2) is 0 Å². The Morgan fingerprint density at radius 3 is 2.64 bits per heavy atom. The molecule has 2 atom stereocenters. The van der Waals surface area contributed by atoms with E-state index in [9.17, 15) is 13.6 Å². The number of amides is 1. The maximum atomic E-state index is 12.5. The fraction of sp³-hybridized carbons (Fsp3) is 0.588. The lowest BCUT2D eigenvalue weighted by Crippen LogP contribution is -2.56. The minimum Gasteiger partial charge on any atom is -0.433 e. The van der Waals surface area contributed by atoms with Crippen molar-refractivity contribution in [2.45, 2.75) is 45.9 Å². The van der Waals surface area contributed by atoms with Crippen LogP contribution in [0, 0.1) is 5.41 Å². The van der Waals surface area contributed by atoms with Crippen molar-refractivity contribution >= 4 is 24.0 Å². The molecular weight excluding hydrogens is 352 g/mol. The van der Waals surface area contributed by atoms with E-state index in [0.29, 0.717) is 6.54 Å². The third kappa shape index (κ3) is 5.52. The third-order valence-electron chi connectivity index (χ3n) is 4.63. The molecule has 0 bridgehead atoms. The van der Waals surface area contributed by atoms with Crippen LogP contribution in [0.2, 0.25) is 0 Å². The number of rotatable bonds is 5. The molecule has 3 N–H and O–H groups in total. The van der Waals surface area contributed by atoms with E-state index in [2.05, 4.69) is 28.8 Å². The topological polar surface area (TPSA) is 67.6 Å². The van der Waals surface area contributed by atoms with Gasteiger partial charge in [-0.2, -0.15) is 8.78 Å². The molecule has 0 saturated carbocycles. The summed E-state index contributed by atoms with van der Waals surface area (Å²) in [6, 6.07) is 5.88. The molecule has 0 radical (unpaired) electrons. The zero-order valence-corrected chi connectivity index (χ0v) is 15.5. The minimum absolute atomic E-state index is 0. The molecule has 0 aromatic heterocycles. The summed E-state index contributed by atoms with van der Waals surface area (Å²) in [4.78, 5) is 14.6. The number of carbonyl (C=O) groups is 1. The Kier molecular flexibility index (Phi) is 7.59. The monoisotopic (exact) mass is 377 g/mol. The molecule has 1 aromatic rings. The first-order valence-electron chi connectivity index (χ1n) is 8.05. The number of nitrogens with zero attached hydrogens (tertiary/aromatic N) is 1. The van der Waals surface area contributed by atoms with Gasteiger partial charge in [-0.3, -0.25) is 9.69 Å². The number of piperidine rings is 1. The summed E-state index contributed by atoms with van der Waals surface area (Å²) in [5, 5.41) is 2.68. The second-order valence-corrected chi connectivity index (χ2v) is 6.89. The van der Waals surface area contributed by atoms with Crippen LogP contribution in [0.1, 0.15) is 27.2 Å². The highest BCUT2D eigenvalue weighted by Crippen LogP contribution is 2.30. The highest BCUT2D eigenvalue weighted by molar-refractivity contribution is 5.95. The molecule has 25 heavy (non-hydrogen) atoms. The molecule has 0 aliphatic carbocycles. The Bertz CT molecular complexity index is 587. The Morgan fingerprint density at radius 2 is 2.04 bits per heavy atom. The number of alkyl halides is 2. The van der Waals surface area contributed by atoms with E-state index >= 15 is 0 Å². The van der Waals surface area contributed by atoms with Gasteiger partial charge in [0, 0.05) is 19.1 Å². The number of nitrogens with two attached hydrogens (primary N) is 1. The van der Waals surface area contributed by atoms with E-state index in [-0.39, 0.29) is 41.2 Å². The van der Waals surface area contributed by atoms with Crippen LogP contribution in [0.25, 0.3) is 0 Å². The molecule has 0 spiro atoms. The van der Waals surface area contributed by atoms with Gasteiger partial charge in [-0.15, -0.1) is 12.4 Å². The average Bonchev–Trinajstić information content (AvgIpc) is 2.50. The van der Waals surface area contributed by atoms with Crippen molar-refractivity contribution in [1.29, 1.82) is 0 Å². The van der Waals surface area contributed by atoms with Gasteiger partial charge in [0.2, 0.25) is 5.91 Å². The van der Waals surface area contributed by atoms with Crippen LogP contribution in [-0.2, 0) is 4.79 Å². The van der Waals surface area contributed by atoms with Crippen molar-refractivity contribution in [1.82, 2.24) is 4.90 Å². The van der Waals surface area contributed by atoms with Crippen molar-refractivity contribution in [3.05, 3.63) is 24.3 Å².